The number of carbonyl (C=O) groups is 1. The number of amides is 1. The molecule has 180 valence electrons. The van der Waals surface area contributed by atoms with Crippen LogP contribution in [-0.4, -0.2) is 38.9 Å². The van der Waals surface area contributed by atoms with Crippen LogP contribution < -0.4 is 5.73 Å². The zero-order valence-electron chi connectivity index (χ0n) is 20.7. The van der Waals surface area contributed by atoms with Crippen LogP contribution in [0.5, 0.6) is 0 Å². The number of rotatable bonds is 3. The molecule has 0 unspecified atom stereocenters. The molecule has 1 aromatic carbocycles. The Morgan fingerprint density at radius 3 is 2.38 bits per heavy atom. The predicted molar refractivity (Wildman–Crippen MR) is 131 cm³/mol. The van der Waals surface area contributed by atoms with Crippen molar-refractivity contribution in [2.45, 2.75) is 65.1 Å². The first-order valence-electron chi connectivity index (χ1n) is 12.2. The van der Waals surface area contributed by atoms with Crippen molar-refractivity contribution in [3.05, 3.63) is 48.0 Å². The van der Waals surface area contributed by atoms with Gasteiger partial charge in [-0.15, -0.1) is 0 Å². The van der Waals surface area contributed by atoms with E-state index in [-0.39, 0.29) is 23.8 Å². The minimum atomic E-state index is -1.58. The van der Waals surface area contributed by atoms with Gasteiger partial charge in [0.1, 0.15) is 12.0 Å². The number of nitrogens with two attached hydrogens (primary N) is 1. The van der Waals surface area contributed by atoms with Gasteiger partial charge in [-0.05, 0) is 73.6 Å². The second-order valence-corrected chi connectivity index (χ2v) is 11.5. The summed E-state index contributed by atoms with van der Waals surface area (Å²) >= 11 is 0. The monoisotopic (exact) mass is 463 g/mol. The number of hydrogen-bond acceptors (Lipinski definition) is 5. The van der Waals surface area contributed by atoms with Gasteiger partial charge in [0, 0.05) is 23.4 Å². The summed E-state index contributed by atoms with van der Waals surface area (Å²) in [5.74, 6) is 1.36. The molecule has 1 fully saturated rings. The predicted octanol–water partition coefficient (Wildman–Crippen LogP) is 4.49. The van der Waals surface area contributed by atoms with E-state index in [2.05, 4.69) is 48.9 Å². The van der Waals surface area contributed by atoms with Gasteiger partial charge in [0.25, 0.3) is 5.91 Å². The van der Waals surface area contributed by atoms with Gasteiger partial charge in [0.2, 0.25) is 0 Å². The van der Waals surface area contributed by atoms with Crippen molar-refractivity contribution in [2.75, 3.05) is 6.54 Å². The third kappa shape index (κ3) is 3.27. The molecule has 7 heteroatoms. The van der Waals surface area contributed by atoms with E-state index in [1.54, 1.807) is 12.4 Å². The Bertz CT molecular complexity index is 1150. The molecule has 34 heavy (non-hydrogen) atoms. The molecule has 0 radical (unpaired) electrons. The molecule has 5 atom stereocenters. The summed E-state index contributed by atoms with van der Waals surface area (Å²) < 4.78 is 14.7. The van der Waals surface area contributed by atoms with E-state index < -0.39 is 11.2 Å². The average molecular weight is 464 g/mol. The quantitative estimate of drug-likeness (QED) is 0.727. The summed E-state index contributed by atoms with van der Waals surface area (Å²) in [5.41, 5.74) is 7.13. The Balaban J connectivity index is 1.70. The molecule has 3 aliphatic rings. The highest BCUT2D eigenvalue weighted by Gasteiger charge is 2.68. The molecule has 6 nitrogen and oxygen atoms in total. The molecule has 2 spiro atoms. The van der Waals surface area contributed by atoms with Crippen molar-refractivity contribution in [1.29, 1.82) is 0 Å². The van der Waals surface area contributed by atoms with Gasteiger partial charge >= 0.3 is 0 Å². The van der Waals surface area contributed by atoms with Gasteiger partial charge in [-0.25, -0.2) is 19.4 Å². The number of alkyl halides is 1. The molecule has 2 N–H and O–H groups in total. The fourth-order valence-corrected chi connectivity index (χ4v) is 6.79. The van der Waals surface area contributed by atoms with E-state index in [1.807, 2.05) is 0 Å². The summed E-state index contributed by atoms with van der Waals surface area (Å²) in [7, 11) is 0. The second-order valence-electron chi connectivity index (χ2n) is 11.5. The molecule has 1 aliphatic heterocycles. The number of nitrogens with zero attached hydrogens (tertiary/aromatic N) is 4. The maximum absolute atomic E-state index is 14.7. The van der Waals surface area contributed by atoms with Crippen molar-refractivity contribution in [2.24, 2.45) is 33.9 Å². The lowest BCUT2D eigenvalue weighted by Gasteiger charge is -2.50. The third-order valence-electron chi connectivity index (χ3n) is 8.56. The number of guanidine groups is 1. The molecule has 1 aromatic heterocycles. The van der Waals surface area contributed by atoms with Crippen LogP contribution in [0.3, 0.4) is 0 Å². The molecule has 2 aromatic rings. The Morgan fingerprint density at radius 2 is 1.76 bits per heavy atom. The summed E-state index contributed by atoms with van der Waals surface area (Å²) in [6.07, 6.45) is 7.57. The topological polar surface area (TPSA) is 84.5 Å². The molecule has 2 aliphatic carbocycles. The van der Waals surface area contributed by atoms with Crippen LogP contribution in [0.25, 0.3) is 11.1 Å². The maximum Gasteiger partial charge on any atom is 0.262 e. The number of hydrogen-bond donors (Lipinski definition) is 1. The molecule has 0 saturated heterocycles. The van der Waals surface area contributed by atoms with Crippen molar-refractivity contribution < 1.29 is 9.18 Å². The molecular weight excluding hydrogens is 429 g/mol. The zero-order chi connectivity index (χ0) is 24.5. The standard InChI is InChI=1S/C27H34FN5O/c1-16-9-26(10-17(2)18(16)3)11-20-7-6-19(21-12-30-15-31-13-21)8-22(20)27(26)23(34)33(24(29)32-27)14-25(4,5)28/h6-8,12-13,15-18H,9-11,14H2,1-5H3,(H2,29,32)/t16-,17+,18+,26+,27-/m1/s1. The second kappa shape index (κ2) is 7.59. The number of fused-ring (bicyclic) bond motifs is 3. The Labute approximate surface area is 200 Å². The first kappa shape index (κ1) is 22.9. The molecule has 0 bridgehead atoms. The lowest BCUT2D eigenvalue weighted by Crippen LogP contribution is -2.55. The zero-order valence-corrected chi connectivity index (χ0v) is 20.7. The van der Waals surface area contributed by atoms with Gasteiger partial charge in [-0.2, -0.15) is 0 Å². The number of carbonyl (C=O) groups excluding carboxylic acids is 1. The van der Waals surface area contributed by atoms with Crippen molar-refractivity contribution in [3.8, 4) is 11.1 Å². The van der Waals surface area contributed by atoms with Crippen molar-refractivity contribution in [3.63, 3.8) is 0 Å². The lowest BCUT2D eigenvalue weighted by molar-refractivity contribution is -0.140. The molecule has 1 amide bonds. The fourth-order valence-electron chi connectivity index (χ4n) is 6.79. The summed E-state index contributed by atoms with van der Waals surface area (Å²) in [6, 6.07) is 6.24. The summed E-state index contributed by atoms with van der Waals surface area (Å²) in [5, 5.41) is 0. The minimum absolute atomic E-state index is 0.109. The smallest absolute Gasteiger partial charge is 0.262 e. The Kier molecular flexibility index (Phi) is 5.12. The molecule has 1 saturated carbocycles. The Hall–Kier alpha value is -2.83. The van der Waals surface area contributed by atoms with Gasteiger partial charge in [-0.1, -0.05) is 32.9 Å². The highest BCUT2D eigenvalue weighted by atomic mass is 19.1. The number of benzene rings is 1. The number of aliphatic imine (C=N–C) groups is 1. The van der Waals surface area contributed by atoms with Gasteiger partial charge in [0.15, 0.2) is 11.5 Å². The van der Waals surface area contributed by atoms with Crippen molar-refractivity contribution >= 4 is 11.9 Å². The molecule has 5 rings (SSSR count). The SMILES string of the molecule is C[C@H]1[C@H](C)C[C@@]2(Cc3ccc(-c4cncnc4)cc3[C@]23N=C(N)N(CC(C)(C)F)C3=O)C[C@@H]1C. The highest BCUT2D eigenvalue weighted by molar-refractivity contribution is 6.08. The lowest BCUT2D eigenvalue weighted by atomic mass is 9.55. The highest BCUT2D eigenvalue weighted by Crippen LogP contribution is 2.64. The average Bonchev–Trinajstić information content (AvgIpc) is 3.18. The van der Waals surface area contributed by atoms with E-state index >= 15 is 0 Å². The van der Waals surface area contributed by atoms with Crippen LogP contribution in [0.15, 0.2) is 41.9 Å². The first-order valence-corrected chi connectivity index (χ1v) is 12.2. The number of aromatic nitrogens is 2. The largest absolute Gasteiger partial charge is 0.369 e. The maximum atomic E-state index is 14.7. The third-order valence-corrected chi connectivity index (χ3v) is 8.56. The van der Waals surface area contributed by atoms with Crippen molar-refractivity contribution in [1.82, 2.24) is 14.9 Å². The van der Waals surface area contributed by atoms with Crippen LogP contribution in [-0.2, 0) is 16.8 Å². The molecule has 2 heterocycles. The van der Waals surface area contributed by atoms with Crippen LogP contribution >= 0.6 is 0 Å². The van der Waals surface area contributed by atoms with Crippen LogP contribution in [0.2, 0.25) is 0 Å². The van der Waals surface area contributed by atoms with E-state index in [4.69, 9.17) is 10.7 Å². The van der Waals surface area contributed by atoms with Gasteiger partial charge in [0.05, 0.1) is 6.54 Å². The van der Waals surface area contributed by atoms with Gasteiger partial charge in [-0.3, -0.25) is 9.69 Å². The minimum Gasteiger partial charge on any atom is -0.369 e. The van der Waals surface area contributed by atoms with Crippen LogP contribution in [0, 0.1) is 23.2 Å². The number of halogens is 1. The fraction of sp³-hybridized carbons (Fsp3) is 0.556. The van der Waals surface area contributed by atoms with Crippen LogP contribution in [0.4, 0.5) is 4.39 Å². The van der Waals surface area contributed by atoms with E-state index in [0.717, 1.165) is 41.5 Å². The van der Waals surface area contributed by atoms with Gasteiger partial charge < -0.3 is 5.73 Å². The van der Waals surface area contributed by atoms with Crippen LogP contribution in [0.1, 0.15) is 58.6 Å². The summed E-state index contributed by atoms with van der Waals surface area (Å²) in [4.78, 5) is 29.0. The van der Waals surface area contributed by atoms with E-state index in [9.17, 15) is 9.18 Å². The normalized spacial score (nSPS) is 33.0. The first-order chi connectivity index (χ1) is 16.0. The summed E-state index contributed by atoms with van der Waals surface area (Å²) in [6.45, 7) is 9.69. The van der Waals surface area contributed by atoms with E-state index in [0.29, 0.717) is 17.8 Å². The molecular formula is C27H34FN5O. The van der Waals surface area contributed by atoms with E-state index in [1.165, 1.54) is 25.1 Å². The Morgan fingerprint density at radius 1 is 1.12 bits per heavy atom.